The second kappa shape index (κ2) is 7.00. The van der Waals surface area contributed by atoms with Gasteiger partial charge in [-0.25, -0.2) is 4.68 Å². The summed E-state index contributed by atoms with van der Waals surface area (Å²) in [6.07, 6.45) is 0. The Morgan fingerprint density at radius 2 is 1.96 bits per heavy atom. The van der Waals surface area contributed by atoms with Gasteiger partial charge < -0.3 is 10.0 Å². The molecule has 7 heteroatoms. The van der Waals surface area contributed by atoms with Crippen molar-refractivity contribution in [2.24, 2.45) is 0 Å². The van der Waals surface area contributed by atoms with Crippen molar-refractivity contribution < 1.29 is 9.90 Å². The number of rotatable bonds is 3. The van der Waals surface area contributed by atoms with Crippen LogP contribution in [0, 0.1) is 6.92 Å². The molecule has 1 aromatic heterocycles. The number of carbonyl (C=O) groups excluding carboxylic acids is 1. The van der Waals surface area contributed by atoms with Gasteiger partial charge in [-0.3, -0.25) is 4.79 Å². The van der Waals surface area contributed by atoms with Crippen molar-refractivity contribution in [3.8, 4) is 5.69 Å². The Morgan fingerprint density at radius 3 is 2.70 bits per heavy atom. The smallest absolute Gasteiger partial charge is 0.278 e. The Kier molecular flexibility index (Phi) is 4.68. The SMILES string of the molecule is Cc1cc(C(=O)N2CC(CO)c3ccccc32)nn1-c1ccc(Cl)cc1Cl. The molecule has 27 heavy (non-hydrogen) atoms. The number of para-hydroxylation sites is 1. The van der Waals surface area contributed by atoms with E-state index in [1.807, 2.05) is 31.2 Å². The van der Waals surface area contributed by atoms with Gasteiger partial charge in [0.25, 0.3) is 5.91 Å². The highest BCUT2D eigenvalue weighted by atomic mass is 35.5. The van der Waals surface area contributed by atoms with Crippen LogP contribution in [0.15, 0.2) is 48.5 Å². The topological polar surface area (TPSA) is 58.4 Å². The Balaban J connectivity index is 1.70. The molecule has 1 aliphatic heterocycles. The number of halogens is 2. The first-order valence-electron chi connectivity index (χ1n) is 8.53. The van der Waals surface area contributed by atoms with E-state index in [-0.39, 0.29) is 18.4 Å². The van der Waals surface area contributed by atoms with Crippen LogP contribution in [-0.2, 0) is 0 Å². The number of anilines is 1. The van der Waals surface area contributed by atoms with Gasteiger partial charge in [0.15, 0.2) is 5.69 Å². The third kappa shape index (κ3) is 3.12. The maximum absolute atomic E-state index is 13.1. The van der Waals surface area contributed by atoms with E-state index in [9.17, 15) is 9.90 Å². The molecule has 1 atom stereocenters. The first-order chi connectivity index (χ1) is 13.0. The number of amides is 1. The molecular weight excluding hydrogens is 385 g/mol. The zero-order valence-electron chi connectivity index (χ0n) is 14.6. The minimum absolute atomic E-state index is 0.00531. The summed E-state index contributed by atoms with van der Waals surface area (Å²) in [5.41, 5.74) is 3.57. The normalized spacial score (nSPS) is 15.9. The van der Waals surface area contributed by atoms with Crippen LogP contribution in [0.5, 0.6) is 0 Å². The molecule has 1 N–H and O–H groups in total. The van der Waals surface area contributed by atoms with E-state index in [2.05, 4.69) is 5.10 Å². The first-order valence-corrected chi connectivity index (χ1v) is 9.29. The molecule has 0 saturated heterocycles. The lowest BCUT2D eigenvalue weighted by Gasteiger charge is -2.16. The molecule has 0 aliphatic carbocycles. The summed E-state index contributed by atoms with van der Waals surface area (Å²) in [5.74, 6) is -0.288. The average Bonchev–Trinajstić information content (AvgIpc) is 3.22. The molecule has 5 nitrogen and oxygen atoms in total. The van der Waals surface area contributed by atoms with Gasteiger partial charge in [0.2, 0.25) is 0 Å². The number of fused-ring (bicyclic) bond motifs is 1. The number of nitrogens with zero attached hydrogens (tertiary/aromatic N) is 3. The highest BCUT2D eigenvalue weighted by Gasteiger charge is 2.33. The van der Waals surface area contributed by atoms with Crippen LogP contribution in [0.4, 0.5) is 5.69 Å². The van der Waals surface area contributed by atoms with Crippen molar-refractivity contribution in [2.45, 2.75) is 12.8 Å². The molecule has 1 unspecified atom stereocenters. The molecule has 0 fully saturated rings. The van der Waals surface area contributed by atoms with Crippen molar-refractivity contribution in [2.75, 3.05) is 18.1 Å². The van der Waals surface area contributed by atoms with Crippen LogP contribution in [0.1, 0.15) is 27.7 Å². The van der Waals surface area contributed by atoms with Gasteiger partial charge in [-0.1, -0.05) is 41.4 Å². The zero-order chi connectivity index (χ0) is 19.1. The summed E-state index contributed by atoms with van der Waals surface area (Å²) in [6.45, 7) is 2.29. The molecule has 0 saturated carbocycles. The second-order valence-corrected chi connectivity index (χ2v) is 7.38. The van der Waals surface area contributed by atoms with Gasteiger partial charge in [-0.05, 0) is 42.8 Å². The zero-order valence-corrected chi connectivity index (χ0v) is 16.1. The Bertz CT molecular complexity index is 1030. The molecule has 2 aromatic carbocycles. The lowest BCUT2D eigenvalue weighted by molar-refractivity contribution is 0.0981. The Morgan fingerprint density at radius 1 is 1.19 bits per heavy atom. The summed E-state index contributed by atoms with van der Waals surface area (Å²) in [6, 6.07) is 14.5. The molecule has 1 amide bonds. The van der Waals surface area contributed by atoms with E-state index in [0.717, 1.165) is 16.9 Å². The molecule has 1 aliphatic rings. The highest BCUT2D eigenvalue weighted by molar-refractivity contribution is 6.35. The second-order valence-electron chi connectivity index (χ2n) is 6.53. The van der Waals surface area contributed by atoms with Crippen LogP contribution in [0.3, 0.4) is 0 Å². The highest BCUT2D eigenvalue weighted by Crippen LogP contribution is 2.36. The van der Waals surface area contributed by atoms with Crippen LogP contribution >= 0.6 is 23.2 Å². The third-order valence-corrected chi connectivity index (χ3v) is 5.32. The number of carbonyl (C=O) groups is 1. The van der Waals surface area contributed by atoms with Crippen molar-refractivity contribution >= 4 is 34.8 Å². The van der Waals surface area contributed by atoms with E-state index < -0.39 is 0 Å². The largest absolute Gasteiger partial charge is 0.396 e. The van der Waals surface area contributed by atoms with E-state index in [1.165, 1.54) is 0 Å². The fourth-order valence-electron chi connectivity index (χ4n) is 3.46. The molecule has 0 bridgehead atoms. The van der Waals surface area contributed by atoms with Crippen molar-refractivity contribution in [3.05, 3.63) is 75.5 Å². The van der Waals surface area contributed by atoms with E-state index >= 15 is 0 Å². The molecule has 4 rings (SSSR count). The van der Waals surface area contributed by atoms with Gasteiger partial charge in [-0.15, -0.1) is 0 Å². The Hall–Kier alpha value is -2.34. The minimum Gasteiger partial charge on any atom is -0.396 e. The van der Waals surface area contributed by atoms with Crippen LogP contribution in [0.2, 0.25) is 10.0 Å². The van der Waals surface area contributed by atoms with E-state index in [0.29, 0.717) is 28.0 Å². The predicted octanol–water partition coefficient (Wildman–Crippen LogP) is 4.22. The van der Waals surface area contributed by atoms with E-state index in [4.69, 9.17) is 23.2 Å². The summed E-state index contributed by atoms with van der Waals surface area (Å²) >= 11 is 12.3. The fraction of sp³-hybridized carbons (Fsp3) is 0.200. The van der Waals surface area contributed by atoms with Crippen LogP contribution in [-0.4, -0.2) is 33.9 Å². The van der Waals surface area contributed by atoms with Crippen LogP contribution < -0.4 is 4.90 Å². The van der Waals surface area contributed by atoms with Gasteiger partial charge in [0, 0.05) is 28.9 Å². The number of aromatic nitrogens is 2. The first kappa shape index (κ1) is 18.0. The average molecular weight is 402 g/mol. The molecule has 0 radical (unpaired) electrons. The maximum Gasteiger partial charge on any atom is 0.278 e. The molecule has 0 spiro atoms. The molecule has 138 valence electrons. The van der Waals surface area contributed by atoms with Crippen molar-refractivity contribution in [3.63, 3.8) is 0 Å². The standard InChI is InChI=1S/C20H17Cl2N3O2/c1-12-8-17(23-25(12)19-7-6-14(21)9-16(19)22)20(27)24-10-13(11-26)15-4-2-3-5-18(15)24/h2-9,13,26H,10-11H2,1H3. The van der Waals surface area contributed by atoms with Gasteiger partial charge in [0.05, 0.1) is 17.3 Å². The Labute approximate surface area is 166 Å². The molecule has 3 aromatic rings. The van der Waals surface area contributed by atoms with Crippen molar-refractivity contribution in [1.29, 1.82) is 0 Å². The summed E-state index contributed by atoms with van der Waals surface area (Å²) < 4.78 is 1.64. The number of hydrogen-bond acceptors (Lipinski definition) is 3. The maximum atomic E-state index is 13.1. The lowest BCUT2D eigenvalue weighted by atomic mass is 10.0. The minimum atomic E-state index is -0.203. The summed E-state index contributed by atoms with van der Waals surface area (Å²) in [5, 5.41) is 15.1. The number of aliphatic hydroxyl groups excluding tert-OH is 1. The number of aryl methyl sites for hydroxylation is 1. The van der Waals surface area contributed by atoms with Gasteiger partial charge in [-0.2, -0.15) is 5.10 Å². The number of benzene rings is 2. The third-order valence-electron chi connectivity index (χ3n) is 4.78. The summed E-state index contributed by atoms with van der Waals surface area (Å²) in [7, 11) is 0. The van der Waals surface area contributed by atoms with Gasteiger partial charge >= 0.3 is 0 Å². The summed E-state index contributed by atoms with van der Waals surface area (Å²) in [4.78, 5) is 14.8. The van der Waals surface area contributed by atoms with Crippen LogP contribution in [0.25, 0.3) is 5.69 Å². The molecular formula is C20H17Cl2N3O2. The molecule has 2 heterocycles. The monoisotopic (exact) mass is 401 g/mol. The van der Waals surface area contributed by atoms with Crippen molar-refractivity contribution in [1.82, 2.24) is 9.78 Å². The lowest BCUT2D eigenvalue weighted by Crippen LogP contribution is -2.30. The number of hydrogen-bond donors (Lipinski definition) is 1. The quantitative estimate of drug-likeness (QED) is 0.714. The predicted molar refractivity (Wildman–Crippen MR) is 106 cm³/mol. The number of aliphatic hydroxyl groups is 1. The fourth-order valence-corrected chi connectivity index (χ4v) is 3.95. The van der Waals surface area contributed by atoms with E-state index in [1.54, 1.807) is 33.8 Å². The van der Waals surface area contributed by atoms with Gasteiger partial charge in [0.1, 0.15) is 0 Å².